The Hall–Kier alpha value is -2.22. The minimum Gasteiger partial charge on any atom is -0.422 e. The zero-order valence-corrected chi connectivity index (χ0v) is 15.4. The molecule has 1 fully saturated rings. The lowest BCUT2D eigenvalue weighted by Crippen LogP contribution is -2.43. The Labute approximate surface area is 147 Å². The molecule has 0 aromatic carbocycles. The summed E-state index contributed by atoms with van der Waals surface area (Å²) in [5.41, 5.74) is 1.49. The molecule has 1 saturated heterocycles. The van der Waals surface area contributed by atoms with Crippen molar-refractivity contribution in [2.75, 3.05) is 19.7 Å². The van der Waals surface area contributed by atoms with Gasteiger partial charge >= 0.3 is 0 Å². The summed E-state index contributed by atoms with van der Waals surface area (Å²) in [5, 5.41) is 12.5. The summed E-state index contributed by atoms with van der Waals surface area (Å²) in [6.07, 6.45) is -0.393. The van der Waals surface area contributed by atoms with Gasteiger partial charge in [-0.15, -0.1) is 10.2 Å². The summed E-state index contributed by atoms with van der Waals surface area (Å²) in [5.74, 6) is 1.38. The lowest BCUT2D eigenvalue weighted by molar-refractivity contribution is -0.0354. The van der Waals surface area contributed by atoms with Crippen LogP contribution >= 0.6 is 0 Å². The van der Waals surface area contributed by atoms with E-state index in [4.69, 9.17) is 9.15 Å². The quantitative estimate of drug-likeness (QED) is 0.843. The van der Waals surface area contributed by atoms with Gasteiger partial charge in [-0.3, -0.25) is 9.48 Å². The van der Waals surface area contributed by atoms with Crippen molar-refractivity contribution >= 4 is 5.91 Å². The fourth-order valence-corrected chi connectivity index (χ4v) is 2.73. The van der Waals surface area contributed by atoms with Crippen molar-refractivity contribution in [3.8, 4) is 0 Å². The molecule has 0 unspecified atom stereocenters. The van der Waals surface area contributed by atoms with E-state index >= 15 is 0 Å². The van der Waals surface area contributed by atoms with Crippen LogP contribution in [-0.4, -0.2) is 50.5 Å². The fourth-order valence-electron chi connectivity index (χ4n) is 2.73. The molecule has 0 spiro atoms. The molecule has 3 heterocycles. The molecule has 0 aliphatic carbocycles. The molecule has 1 aliphatic rings. The van der Waals surface area contributed by atoms with Crippen molar-refractivity contribution < 1.29 is 13.9 Å². The van der Waals surface area contributed by atoms with Gasteiger partial charge < -0.3 is 14.1 Å². The highest BCUT2D eigenvalue weighted by Gasteiger charge is 2.31. The van der Waals surface area contributed by atoms with Gasteiger partial charge in [-0.25, -0.2) is 0 Å². The molecular formula is C17H25N5O3. The van der Waals surface area contributed by atoms with Crippen LogP contribution in [0.4, 0.5) is 0 Å². The van der Waals surface area contributed by atoms with Crippen molar-refractivity contribution in [3.05, 3.63) is 29.2 Å². The minimum absolute atomic E-state index is 0.0567. The van der Waals surface area contributed by atoms with Gasteiger partial charge in [0.25, 0.3) is 5.91 Å². The first-order chi connectivity index (χ1) is 11.9. The molecule has 0 N–H and O–H groups in total. The number of amides is 1. The van der Waals surface area contributed by atoms with Crippen LogP contribution < -0.4 is 0 Å². The van der Waals surface area contributed by atoms with E-state index < -0.39 is 6.10 Å². The molecule has 1 atom stereocenters. The molecule has 0 radical (unpaired) electrons. The summed E-state index contributed by atoms with van der Waals surface area (Å²) in [6.45, 7) is 9.45. The second kappa shape index (κ2) is 6.95. The molecule has 2 aromatic heterocycles. The zero-order valence-electron chi connectivity index (χ0n) is 15.4. The van der Waals surface area contributed by atoms with Crippen LogP contribution in [-0.2, 0) is 11.8 Å². The Bertz CT molecular complexity index is 749. The van der Waals surface area contributed by atoms with Gasteiger partial charge in [-0.05, 0) is 12.0 Å². The molecule has 8 heteroatoms. The second-order valence-corrected chi connectivity index (χ2v) is 6.98. The number of aromatic nitrogens is 4. The van der Waals surface area contributed by atoms with Crippen molar-refractivity contribution in [3.63, 3.8) is 0 Å². The number of morpholine rings is 1. The Morgan fingerprint density at radius 3 is 2.60 bits per heavy atom. The van der Waals surface area contributed by atoms with E-state index in [2.05, 4.69) is 29.1 Å². The van der Waals surface area contributed by atoms with Gasteiger partial charge in [0.1, 0.15) is 5.69 Å². The average Bonchev–Trinajstić information content (AvgIpc) is 3.21. The second-order valence-electron chi connectivity index (χ2n) is 6.98. The van der Waals surface area contributed by atoms with Crippen LogP contribution in [0.2, 0.25) is 0 Å². The maximum Gasteiger partial charge on any atom is 0.272 e. The van der Waals surface area contributed by atoms with E-state index in [1.165, 1.54) is 0 Å². The lowest BCUT2D eigenvalue weighted by Gasteiger charge is -2.31. The van der Waals surface area contributed by atoms with Gasteiger partial charge in [0.15, 0.2) is 6.10 Å². The van der Waals surface area contributed by atoms with Crippen LogP contribution in [0.3, 0.4) is 0 Å². The number of aryl methyl sites for hydroxylation is 1. The number of hydrogen-bond donors (Lipinski definition) is 0. The predicted molar refractivity (Wildman–Crippen MR) is 90.3 cm³/mol. The molecule has 3 rings (SSSR count). The molecule has 0 saturated carbocycles. The molecule has 1 aliphatic heterocycles. The molecule has 1 amide bonds. The number of nitrogens with zero attached hydrogens (tertiary/aromatic N) is 5. The third-order valence-electron chi connectivity index (χ3n) is 4.29. The normalized spacial score (nSPS) is 18.4. The maximum absolute atomic E-state index is 12.9. The highest BCUT2D eigenvalue weighted by Crippen LogP contribution is 2.24. The Kier molecular flexibility index (Phi) is 4.89. The van der Waals surface area contributed by atoms with Gasteiger partial charge in [0.2, 0.25) is 11.8 Å². The summed E-state index contributed by atoms with van der Waals surface area (Å²) in [4.78, 5) is 14.6. The molecular weight excluding hydrogens is 322 g/mol. The summed E-state index contributed by atoms with van der Waals surface area (Å²) in [6, 6.07) is 1.86. The summed E-state index contributed by atoms with van der Waals surface area (Å²) < 4.78 is 13.1. The number of ether oxygens (including phenoxy) is 1. The van der Waals surface area contributed by atoms with Crippen LogP contribution in [0, 0.1) is 0 Å². The average molecular weight is 347 g/mol. The number of rotatable bonds is 4. The summed E-state index contributed by atoms with van der Waals surface area (Å²) in [7, 11) is 1.80. The Morgan fingerprint density at radius 2 is 2.00 bits per heavy atom. The largest absolute Gasteiger partial charge is 0.422 e. The van der Waals surface area contributed by atoms with E-state index in [9.17, 15) is 4.79 Å². The van der Waals surface area contributed by atoms with E-state index in [1.54, 1.807) is 16.6 Å². The highest BCUT2D eigenvalue weighted by molar-refractivity contribution is 5.92. The van der Waals surface area contributed by atoms with Crippen molar-refractivity contribution in [2.24, 2.45) is 7.05 Å². The monoisotopic (exact) mass is 347 g/mol. The number of carbonyl (C=O) groups is 1. The van der Waals surface area contributed by atoms with Crippen LogP contribution in [0.25, 0.3) is 0 Å². The number of carbonyl (C=O) groups excluding carboxylic acids is 1. The SMILES string of the molecule is CC(C)c1cc(C(=O)N2CCO[C@@H](c3nnc(C(C)C)o3)C2)n(C)n1. The van der Waals surface area contributed by atoms with E-state index in [0.29, 0.717) is 37.2 Å². The number of hydrogen-bond acceptors (Lipinski definition) is 6. The van der Waals surface area contributed by atoms with E-state index in [1.807, 2.05) is 19.9 Å². The van der Waals surface area contributed by atoms with Crippen molar-refractivity contribution in [2.45, 2.75) is 45.6 Å². The molecule has 2 aromatic rings. The Balaban J connectivity index is 1.75. The van der Waals surface area contributed by atoms with Gasteiger partial charge in [-0.1, -0.05) is 27.7 Å². The highest BCUT2D eigenvalue weighted by atomic mass is 16.5. The van der Waals surface area contributed by atoms with Crippen LogP contribution in [0.5, 0.6) is 0 Å². The first-order valence-corrected chi connectivity index (χ1v) is 8.65. The molecule has 8 nitrogen and oxygen atoms in total. The summed E-state index contributed by atoms with van der Waals surface area (Å²) >= 11 is 0. The zero-order chi connectivity index (χ0) is 18.1. The predicted octanol–water partition coefficient (Wildman–Crippen LogP) is 2.26. The van der Waals surface area contributed by atoms with E-state index in [-0.39, 0.29) is 17.7 Å². The molecule has 0 bridgehead atoms. The fraction of sp³-hybridized carbons (Fsp3) is 0.647. The first-order valence-electron chi connectivity index (χ1n) is 8.65. The smallest absolute Gasteiger partial charge is 0.272 e. The third kappa shape index (κ3) is 3.58. The molecule has 136 valence electrons. The van der Waals surface area contributed by atoms with Crippen LogP contribution in [0.15, 0.2) is 10.5 Å². The van der Waals surface area contributed by atoms with Crippen molar-refractivity contribution in [1.29, 1.82) is 0 Å². The van der Waals surface area contributed by atoms with Crippen LogP contribution in [0.1, 0.15) is 73.6 Å². The van der Waals surface area contributed by atoms with Gasteiger partial charge in [-0.2, -0.15) is 5.10 Å². The Morgan fingerprint density at radius 1 is 1.24 bits per heavy atom. The van der Waals surface area contributed by atoms with Crippen molar-refractivity contribution in [1.82, 2.24) is 24.9 Å². The van der Waals surface area contributed by atoms with Gasteiger partial charge in [0, 0.05) is 19.5 Å². The molecule has 25 heavy (non-hydrogen) atoms. The maximum atomic E-state index is 12.9. The lowest BCUT2D eigenvalue weighted by atomic mass is 10.1. The first kappa shape index (κ1) is 17.6. The van der Waals surface area contributed by atoms with Gasteiger partial charge in [0.05, 0.1) is 18.8 Å². The van der Waals surface area contributed by atoms with E-state index in [0.717, 1.165) is 5.69 Å². The minimum atomic E-state index is -0.393. The topological polar surface area (TPSA) is 86.3 Å². The third-order valence-corrected chi connectivity index (χ3v) is 4.29. The standard InChI is InChI=1S/C17H25N5O3/c1-10(2)12-8-13(21(5)20-12)17(23)22-6-7-24-14(9-22)16-19-18-15(25-16)11(3)4/h8,10-11,14H,6-7,9H2,1-5H3/t14-/m1/s1.